The van der Waals surface area contributed by atoms with E-state index in [-0.39, 0.29) is 5.56 Å². The van der Waals surface area contributed by atoms with E-state index in [1.807, 2.05) is 18.2 Å². The lowest BCUT2D eigenvalue weighted by molar-refractivity contribution is 0.0698. The first kappa shape index (κ1) is 21.4. The van der Waals surface area contributed by atoms with Crippen molar-refractivity contribution in [2.24, 2.45) is 0 Å². The van der Waals surface area contributed by atoms with Gasteiger partial charge < -0.3 is 15.3 Å². The highest BCUT2D eigenvalue weighted by molar-refractivity contribution is 5.95. The maximum absolute atomic E-state index is 11.4. The van der Waals surface area contributed by atoms with Gasteiger partial charge in [0.1, 0.15) is 0 Å². The van der Waals surface area contributed by atoms with Gasteiger partial charge in [-0.05, 0) is 80.6 Å². The topological polar surface area (TPSA) is 52.6 Å². The average molecular weight is 403 g/mol. The van der Waals surface area contributed by atoms with E-state index in [2.05, 4.69) is 60.5 Å². The summed E-state index contributed by atoms with van der Waals surface area (Å²) < 4.78 is 0. The molecule has 0 unspecified atom stereocenters. The average Bonchev–Trinajstić information content (AvgIpc) is 2.76. The van der Waals surface area contributed by atoms with Gasteiger partial charge in [-0.25, -0.2) is 4.79 Å². The molecule has 4 nitrogen and oxygen atoms in total. The van der Waals surface area contributed by atoms with Crippen LogP contribution in [-0.4, -0.2) is 24.2 Å². The zero-order chi connectivity index (χ0) is 21.3. The number of benzene rings is 3. The molecule has 0 saturated carbocycles. The van der Waals surface area contributed by atoms with Crippen LogP contribution in [0, 0.1) is 0 Å². The Hall–Kier alpha value is -3.27. The number of nitrogens with zero attached hydrogens (tertiary/aromatic N) is 1. The quantitative estimate of drug-likeness (QED) is 0.427. The molecule has 3 aromatic rings. The van der Waals surface area contributed by atoms with Crippen molar-refractivity contribution < 1.29 is 9.90 Å². The second-order valence-electron chi connectivity index (χ2n) is 7.37. The van der Waals surface area contributed by atoms with Crippen LogP contribution in [0.4, 0.5) is 17.1 Å². The van der Waals surface area contributed by atoms with Gasteiger partial charge in [0.05, 0.1) is 11.3 Å². The number of carbonyl (C=O) groups is 1. The highest BCUT2D eigenvalue weighted by Gasteiger charge is 2.09. The molecule has 2 N–H and O–H groups in total. The van der Waals surface area contributed by atoms with Crippen molar-refractivity contribution in [3.8, 4) is 0 Å². The summed E-state index contributed by atoms with van der Waals surface area (Å²) in [6.07, 6.45) is 3.09. The lowest BCUT2D eigenvalue weighted by atomic mass is 10.0. The van der Waals surface area contributed by atoms with Gasteiger partial charge in [0.2, 0.25) is 0 Å². The SMILES string of the molecule is CCN(CC)c1ccc(CCCc2cccc(Nc3ccccc3C(=O)O)c2)cc1. The molecule has 0 radical (unpaired) electrons. The molecule has 4 heteroatoms. The van der Waals surface area contributed by atoms with Crippen molar-refractivity contribution in [2.75, 3.05) is 23.3 Å². The molecule has 0 aliphatic carbocycles. The minimum atomic E-state index is -0.929. The molecular formula is C26H30N2O2. The summed E-state index contributed by atoms with van der Waals surface area (Å²) in [6, 6.07) is 24.1. The smallest absolute Gasteiger partial charge is 0.337 e. The number of carboxylic acids is 1. The highest BCUT2D eigenvalue weighted by atomic mass is 16.4. The number of hydrogen-bond donors (Lipinski definition) is 2. The van der Waals surface area contributed by atoms with Crippen molar-refractivity contribution in [3.63, 3.8) is 0 Å². The Kier molecular flexibility index (Phi) is 7.50. The van der Waals surface area contributed by atoms with Gasteiger partial charge in [-0.1, -0.05) is 36.4 Å². The number of nitrogens with one attached hydrogen (secondary N) is 1. The summed E-state index contributed by atoms with van der Waals surface area (Å²) in [5.41, 5.74) is 5.67. The molecule has 0 aromatic heterocycles. The van der Waals surface area contributed by atoms with Gasteiger partial charge in [-0.3, -0.25) is 0 Å². The Morgan fingerprint density at radius 3 is 2.27 bits per heavy atom. The van der Waals surface area contributed by atoms with Gasteiger partial charge >= 0.3 is 5.97 Å². The van der Waals surface area contributed by atoms with Crippen LogP contribution in [0.25, 0.3) is 0 Å². The standard InChI is InChI=1S/C26H30N2O2/c1-3-28(4-2)23-17-15-20(16-18-23)9-7-10-21-11-8-12-22(19-21)27-25-14-6-5-13-24(25)26(29)30/h5-6,8,11-19,27H,3-4,7,9-10H2,1-2H3,(H,29,30). The number of aryl methyl sites for hydroxylation is 2. The fourth-order valence-electron chi connectivity index (χ4n) is 3.70. The summed E-state index contributed by atoms with van der Waals surface area (Å²) in [7, 11) is 0. The molecule has 0 fully saturated rings. The molecule has 0 aliphatic rings. The predicted molar refractivity (Wildman–Crippen MR) is 125 cm³/mol. The van der Waals surface area contributed by atoms with Crippen molar-refractivity contribution in [3.05, 3.63) is 89.5 Å². The number of anilines is 3. The Morgan fingerprint density at radius 2 is 1.57 bits per heavy atom. The second kappa shape index (κ2) is 10.5. The third-order valence-corrected chi connectivity index (χ3v) is 5.36. The van der Waals surface area contributed by atoms with Crippen LogP contribution >= 0.6 is 0 Å². The molecule has 3 rings (SSSR count). The van der Waals surface area contributed by atoms with Crippen LogP contribution in [0.15, 0.2) is 72.8 Å². The molecule has 0 heterocycles. The summed E-state index contributed by atoms with van der Waals surface area (Å²) >= 11 is 0. The predicted octanol–water partition coefficient (Wildman–Crippen LogP) is 6.15. The number of hydrogen-bond acceptors (Lipinski definition) is 3. The number of rotatable bonds is 10. The van der Waals surface area contributed by atoms with Crippen molar-refractivity contribution in [1.29, 1.82) is 0 Å². The van der Waals surface area contributed by atoms with Crippen LogP contribution in [0.5, 0.6) is 0 Å². The third kappa shape index (κ3) is 5.63. The summed E-state index contributed by atoms with van der Waals surface area (Å²) in [5.74, 6) is -0.929. The lowest BCUT2D eigenvalue weighted by Crippen LogP contribution is -2.21. The lowest BCUT2D eigenvalue weighted by Gasteiger charge is -2.21. The number of carboxylic acid groups (broad SMARTS) is 1. The molecule has 156 valence electrons. The van der Waals surface area contributed by atoms with E-state index in [4.69, 9.17) is 0 Å². The van der Waals surface area contributed by atoms with Gasteiger partial charge in [-0.15, -0.1) is 0 Å². The summed E-state index contributed by atoms with van der Waals surface area (Å²) in [5, 5.41) is 12.6. The van der Waals surface area contributed by atoms with E-state index in [1.165, 1.54) is 16.8 Å². The first-order valence-corrected chi connectivity index (χ1v) is 10.6. The summed E-state index contributed by atoms with van der Waals surface area (Å²) in [6.45, 7) is 6.41. The maximum Gasteiger partial charge on any atom is 0.337 e. The molecule has 0 aliphatic heterocycles. The van der Waals surface area contributed by atoms with Crippen LogP contribution in [0.2, 0.25) is 0 Å². The van der Waals surface area contributed by atoms with Crippen LogP contribution in [0.3, 0.4) is 0 Å². The van der Waals surface area contributed by atoms with E-state index in [9.17, 15) is 9.90 Å². The van der Waals surface area contributed by atoms with E-state index in [0.717, 1.165) is 38.0 Å². The number of aromatic carboxylic acids is 1. The van der Waals surface area contributed by atoms with Crippen LogP contribution in [0.1, 0.15) is 41.8 Å². The Labute approximate surface area is 179 Å². The monoisotopic (exact) mass is 402 g/mol. The molecule has 3 aromatic carbocycles. The van der Waals surface area contributed by atoms with Gasteiger partial charge in [0.25, 0.3) is 0 Å². The molecule has 0 bridgehead atoms. The fourth-order valence-corrected chi connectivity index (χ4v) is 3.70. The largest absolute Gasteiger partial charge is 0.478 e. The Balaban J connectivity index is 1.58. The first-order valence-electron chi connectivity index (χ1n) is 10.6. The van der Waals surface area contributed by atoms with Gasteiger partial charge in [-0.2, -0.15) is 0 Å². The van der Waals surface area contributed by atoms with Crippen molar-refractivity contribution >= 4 is 23.0 Å². The van der Waals surface area contributed by atoms with E-state index in [0.29, 0.717) is 5.69 Å². The summed E-state index contributed by atoms with van der Waals surface area (Å²) in [4.78, 5) is 13.8. The second-order valence-corrected chi connectivity index (χ2v) is 7.37. The maximum atomic E-state index is 11.4. The Morgan fingerprint density at radius 1 is 0.867 bits per heavy atom. The fraction of sp³-hybridized carbons (Fsp3) is 0.269. The zero-order valence-electron chi connectivity index (χ0n) is 17.8. The highest BCUT2D eigenvalue weighted by Crippen LogP contribution is 2.22. The number of para-hydroxylation sites is 1. The van der Waals surface area contributed by atoms with Gasteiger partial charge in [0, 0.05) is 24.5 Å². The van der Waals surface area contributed by atoms with Crippen LogP contribution in [-0.2, 0) is 12.8 Å². The van der Waals surface area contributed by atoms with E-state index >= 15 is 0 Å². The molecule has 0 spiro atoms. The van der Waals surface area contributed by atoms with Crippen molar-refractivity contribution in [1.82, 2.24) is 0 Å². The van der Waals surface area contributed by atoms with E-state index < -0.39 is 5.97 Å². The molecular weight excluding hydrogens is 372 g/mol. The molecule has 0 atom stereocenters. The normalized spacial score (nSPS) is 10.6. The first-order chi connectivity index (χ1) is 14.6. The Bertz CT molecular complexity index is 963. The van der Waals surface area contributed by atoms with Gasteiger partial charge in [0.15, 0.2) is 0 Å². The molecule has 30 heavy (non-hydrogen) atoms. The molecule has 0 amide bonds. The minimum Gasteiger partial charge on any atom is -0.478 e. The molecule has 0 saturated heterocycles. The van der Waals surface area contributed by atoms with Crippen LogP contribution < -0.4 is 10.2 Å². The third-order valence-electron chi connectivity index (χ3n) is 5.36. The van der Waals surface area contributed by atoms with E-state index in [1.54, 1.807) is 18.2 Å². The minimum absolute atomic E-state index is 0.274. The van der Waals surface area contributed by atoms with Crippen molar-refractivity contribution in [2.45, 2.75) is 33.1 Å². The zero-order valence-corrected chi connectivity index (χ0v) is 17.8.